The Bertz CT molecular complexity index is 5930. The molecule has 13 rings (SSSR count). The fraction of sp³-hybridized carbons (Fsp3) is 0.0588. The molecule has 11 aromatic carbocycles. The van der Waals surface area contributed by atoms with Crippen LogP contribution >= 0.6 is 0 Å². The van der Waals surface area contributed by atoms with Crippen LogP contribution in [0.4, 0.5) is 17.1 Å². The lowest BCUT2D eigenvalue weighted by atomic mass is 9.67. The fourth-order valence-electron chi connectivity index (χ4n) is 9.05. The summed E-state index contributed by atoms with van der Waals surface area (Å²) in [6, 6.07) is -27.7. The zero-order chi connectivity index (χ0) is 80.7. The minimum atomic E-state index is -3.93. The van der Waals surface area contributed by atoms with Crippen molar-refractivity contribution >= 4 is 27.8 Å². The normalized spacial score (nSPS) is 23.5. The van der Waals surface area contributed by atoms with E-state index in [1.165, 1.54) is 24.3 Å². The van der Waals surface area contributed by atoms with Crippen LogP contribution in [0.2, 0.25) is 0 Å². The topological polar surface area (TPSA) is 3.24 Å². The van der Waals surface area contributed by atoms with Crippen molar-refractivity contribution < 1.29 is 54.8 Å². The van der Waals surface area contributed by atoms with Crippen LogP contribution in [0.5, 0.6) is 0 Å². The van der Waals surface area contributed by atoms with Crippen molar-refractivity contribution in [2.24, 2.45) is 0 Å². The van der Waals surface area contributed by atoms with Crippen LogP contribution in [-0.2, 0) is 10.8 Å². The van der Waals surface area contributed by atoms with E-state index >= 15 is 0 Å². The van der Waals surface area contributed by atoms with Gasteiger partial charge in [-0.1, -0.05) is 237 Å². The van der Waals surface area contributed by atoms with Gasteiger partial charge in [0, 0.05) is 30.7 Å². The highest BCUT2D eigenvalue weighted by Gasteiger charge is 2.46. The van der Waals surface area contributed by atoms with Gasteiger partial charge in [0.25, 0.3) is 0 Å². The molecular weight excluding hydrogens is 831 g/mol. The van der Waals surface area contributed by atoms with Gasteiger partial charge in [-0.3, -0.25) is 0 Å². The summed E-state index contributed by atoms with van der Waals surface area (Å²) in [7, 11) is 0. The second-order valence-corrected chi connectivity index (χ2v) is 15.7. The van der Waals surface area contributed by atoms with E-state index in [2.05, 4.69) is 0 Å². The van der Waals surface area contributed by atoms with Gasteiger partial charge in [-0.2, -0.15) is 0 Å². The molecule has 69 heavy (non-hydrogen) atoms. The summed E-state index contributed by atoms with van der Waals surface area (Å²) in [5, 5.41) is -1.62. The zero-order valence-corrected chi connectivity index (χ0v) is 35.1. The molecule has 0 bridgehead atoms. The van der Waals surface area contributed by atoms with Gasteiger partial charge < -0.3 is 4.90 Å². The van der Waals surface area contributed by atoms with Crippen LogP contribution in [0.15, 0.2) is 260 Å². The predicted octanol–water partition coefficient (Wildman–Crippen LogP) is 18.0. The van der Waals surface area contributed by atoms with Crippen molar-refractivity contribution in [3.8, 4) is 55.6 Å². The highest BCUT2D eigenvalue weighted by molar-refractivity contribution is 6.04. The number of fused-ring (bicyclic) bond motifs is 7. The largest absolute Gasteiger partial charge is 0.310 e. The van der Waals surface area contributed by atoms with Gasteiger partial charge in [0.2, 0.25) is 0 Å². The molecule has 11 aromatic rings. The smallest absolute Gasteiger partial charge is 0.0714 e. The molecule has 1 atom stereocenters. The second-order valence-electron chi connectivity index (χ2n) is 15.7. The summed E-state index contributed by atoms with van der Waals surface area (Å²) in [6.45, 7) is -7.87. The van der Waals surface area contributed by atoms with E-state index in [1.54, 1.807) is 0 Å². The Kier molecular flexibility index (Phi) is 3.94. The van der Waals surface area contributed by atoms with Crippen molar-refractivity contribution in [3.63, 3.8) is 0 Å². The quantitative estimate of drug-likeness (QED) is 0.147. The van der Waals surface area contributed by atoms with Crippen molar-refractivity contribution in [1.29, 1.82) is 0 Å². The van der Waals surface area contributed by atoms with Crippen LogP contribution in [0.25, 0.3) is 66.4 Å². The molecule has 1 heteroatoms. The summed E-state index contributed by atoms with van der Waals surface area (Å²) in [4.78, 5) is 0.444. The molecule has 0 radical (unpaired) electrons. The number of nitrogens with zero attached hydrogens (tertiary/aromatic N) is 1. The predicted molar refractivity (Wildman–Crippen MR) is 290 cm³/mol. The van der Waals surface area contributed by atoms with E-state index in [1.807, 2.05) is 0 Å². The maximum absolute atomic E-state index is 10.9. The molecule has 0 saturated carbocycles. The minimum absolute atomic E-state index is 0.142. The molecule has 2 aliphatic rings. The van der Waals surface area contributed by atoms with E-state index in [0.29, 0.717) is 11.0 Å². The maximum atomic E-state index is 10.9. The Balaban J connectivity index is 1.27. The highest BCUT2D eigenvalue weighted by Crippen LogP contribution is 2.58. The number of benzene rings is 11. The Hall–Kier alpha value is -8.52. The molecule has 0 aromatic heterocycles. The highest BCUT2D eigenvalue weighted by atomic mass is 15.1. The van der Waals surface area contributed by atoms with E-state index < -0.39 is 335 Å². The first kappa shape index (κ1) is 16.9. The van der Waals surface area contributed by atoms with Gasteiger partial charge in [-0.25, -0.2) is 0 Å². The molecule has 0 amide bonds. The summed E-state index contributed by atoms with van der Waals surface area (Å²) in [5.41, 5.74) is -23.1. The van der Waals surface area contributed by atoms with Crippen molar-refractivity contribution in [2.75, 3.05) is 4.90 Å². The van der Waals surface area contributed by atoms with Crippen molar-refractivity contribution in [1.82, 2.24) is 0 Å². The second kappa shape index (κ2) is 16.1. The lowest BCUT2D eigenvalue weighted by Gasteiger charge is -2.35. The zero-order valence-electron chi connectivity index (χ0n) is 75.1. The van der Waals surface area contributed by atoms with Crippen LogP contribution in [0.3, 0.4) is 0 Å². The summed E-state index contributed by atoms with van der Waals surface area (Å²) in [5.74, 6) is 0. The van der Waals surface area contributed by atoms with Crippen LogP contribution in [-0.4, -0.2) is 0 Å². The van der Waals surface area contributed by atoms with Gasteiger partial charge in [-0.05, 0) is 136 Å². The Labute approximate surface area is 461 Å². The molecule has 0 fully saturated rings. The summed E-state index contributed by atoms with van der Waals surface area (Å²) in [6.07, 6.45) is 0. The fourth-order valence-corrected chi connectivity index (χ4v) is 9.05. The average molecular weight is 920 g/mol. The number of anilines is 3. The monoisotopic (exact) mass is 920 g/mol. The molecule has 0 spiro atoms. The van der Waals surface area contributed by atoms with Gasteiger partial charge in [-0.15, -0.1) is 0 Å². The third-order valence-electron chi connectivity index (χ3n) is 12.1. The van der Waals surface area contributed by atoms with Crippen molar-refractivity contribution in [2.45, 2.75) is 24.5 Å². The average Bonchev–Trinajstić information content (AvgIpc) is 1.52. The van der Waals surface area contributed by atoms with Crippen molar-refractivity contribution in [3.05, 3.63) is 293 Å². The first-order chi connectivity index (χ1) is 50.6. The molecule has 326 valence electrons. The first-order valence-corrected chi connectivity index (χ1v) is 20.9. The minimum Gasteiger partial charge on any atom is -0.310 e. The van der Waals surface area contributed by atoms with E-state index in [-0.39, 0.29) is 11.6 Å². The molecule has 1 nitrogen and oxygen atoms in total. The summed E-state index contributed by atoms with van der Waals surface area (Å²) < 4.78 is 376. The first-order valence-electron chi connectivity index (χ1n) is 40.9. The summed E-state index contributed by atoms with van der Waals surface area (Å²) >= 11 is 0. The lowest BCUT2D eigenvalue weighted by molar-refractivity contribution is 0.660. The van der Waals surface area contributed by atoms with E-state index in [4.69, 9.17) is 19.2 Å². The van der Waals surface area contributed by atoms with Crippen LogP contribution in [0.1, 0.15) is 102 Å². The van der Waals surface area contributed by atoms with Gasteiger partial charge >= 0.3 is 0 Å². The SMILES string of the molecule is [2H]c1ccccc1-c1c([2H])c([2H])c(-c2c(-c3c([2H])c([2H])c(N(c4ccc5c(c4)C(C([2H])([2H])[2H])(C([2H])([2H])[2H])c4c([2H])c([2H])c([2H])c([2H])c4-5)c4c([2H])c([2H])c5c(c4[2H])C(c4cc([2H])c([2H])c([2H])c4[2H])(c4c([2H])c([2H])c([2H])c([2H])c4[2H])c4cc([2H])c([2H])c([2H])c4-5)c([2H])c3[2H])c([2H])c([2H])c3c([2H])c([2H])c([2H])c([2H])c23)c([2H])c1[2H]. The Morgan fingerprint density at radius 1 is 0.377 bits per heavy atom. The maximum Gasteiger partial charge on any atom is 0.0714 e. The molecule has 1 unspecified atom stereocenters. The number of hydrogen-bond acceptors (Lipinski definition) is 1. The Morgan fingerprint density at radius 2 is 1.04 bits per heavy atom. The Morgan fingerprint density at radius 3 is 1.88 bits per heavy atom. The van der Waals surface area contributed by atoms with Crippen LogP contribution in [0, 0.1) is 0 Å². The lowest BCUT2D eigenvalue weighted by Crippen LogP contribution is -2.28. The molecule has 0 heterocycles. The molecule has 0 N–H and O–H groups in total. The number of hydrogen-bond donors (Lipinski definition) is 0. The van der Waals surface area contributed by atoms with E-state index in [9.17, 15) is 35.6 Å². The molecule has 2 aliphatic carbocycles. The van der Waals surface area contributed by atoms with Gasteiger partial charge in [0.1, 0.15) is 0 Å². The third-order valence-corrected chi connectivity index (χ3v) is 12.1. The van der Waals surface area contributed by atoms with Gasteiger partial charge in [0.15, 0.2) is 0 Å². The molecule has 0 aliphatic heterocycles. The number of rotatable bonds is 8. The molecule has 0 saturated heterocycles. The third kappa shape index (κ3) is 6.38. The standard InChI is InChI=1S/C68H49N/c1-67(2)62-28-16-14-26-58(62)60-42-39-54(44-64(60)67)69(55-40-43-61-59-27-15-17-29-63(59)68(65(61)45-55,51-21-8-4-9-22-51)52-23-10-5-11-24-52)53-37-34-49(35-38-53)57-41-36-48-20-12-13-25-56(48)66(57)50-32-30-47(31-33-50)46-18-6-3-7-19-46/h3-45H,1-2H3/i1D3,2D3,4D,5D,8D,9D,10D,11D,12D,13D,14D,15D,16D,17D,18D,20D,21D,22D,23D,25D,26D,27D,28D,30D,31D,32D,33D,34D,35D,36D,37D,38D,40D,41D,43D,45D. The van der Waals surface area contributed by atoms with Crippen LogP contribution < -0.4 is 4.90 Å². The molecular formula is C68H49N. The van der Waals surface area contributed by atoms with Gasteiger partial charge in [0.05, 0.1) is 52.0 Å². The van der Waals surface area contributed by atoms with E-state index in [0.717, 1.165) is 24.3 Å².